The van der Waals surface area contributed by atoms with Crippen LogP contribution in [0.25, 0.3) is 0 Å². The van der Waals surface area contributed by atoms with E-state index in [1.807, 2.05) is 6.07 Å². The predicted molar refractivity (Wildman–Crippen MR) is 116 cm³/mol. The number of rotatable bonds is 5. The standard InChI is InChI=1S/C24H38N2O3/c1-23(2,3)17-22(28)25-18-24(19-7-5-4-6-8-19)11-9-20(21(27)10-12-24)26-13-15-29-16-14-26/h4-8,20-21,27H,9-18H2,1-3H3,(H,25,28)/t20-,21-,24-/m1/s1. The predicted octanol–water partition coefficient (Wildman–Crippen LogP) is 3.11. The summed E-state index contributed by atoms with van der Waals surface area (Å²) in [5, 5.41) is 14.2. The van der Waals surface area contributed by atoms with Crippen molar-refractivity contribution in [3.63, 3.8) is 0 Å². The van der Waals surface area contributed by atoms with Gasteiger partial charge in [0.15, 0.2) is 0 Å². The molecule has 0 bridgehead atoms. The van der Waals surface area contributed by atoms with Crippen molar-refractivity contribution in [2.75, 3.05) is 32.8 Å². The summed E-state index contributed by atoms with van der Waals surface area (Å²) < 4.78 is 5.50. The molecule has 5 heteroatoms. The number of aliphatic hydroxyl groups excluding tert-OH is 1. The van der Waals surface area contributed by atoms with Crippen molar-refractivity contribution in [1.29, 1.82) is 0 Å². The first kappa shape index (κ1) is 22.3. The number of hydrogen-bond donors (Lipinski definition) is 2. The van der Waals surface area contributed by atoms with E-state index < -0.39 is 0 Å². The fourth-order valence-electron chi connectivity index (χ4n) is 4.86. The van der Waals surface area contributed by atoms with Crippen LogP contribution in [0, 0.1) is 5.41 Å². The third-order valence-corrected chi connectivity index (χ3v) is 6.50. The molecule has 2 aliphatic rings. The molecule has 5 nitrogen and oxygen atoms in total. The van der Waals surface area contributed by atoms with E-state index in [9.17, 15) is 9.90 Å². The highest BCUT2D eigenvalue weighted by Crippen LogP contribution is 2.39. The molecule has 2 fully saturated rings. The topological polar surface area (TPSA) is 61.8 Å². The number of amides is 1. The number of carbonyl (C=O) groups is 1. The molecular formula is C24H38N2O3. The van der Waals surface area contributed by atoms with Crippen LogP contribution in [-0.4, -0.2) is 60.9 Å². The molecular weight excluding hydrogens is 364 g/mol. The molecule has 1 saturated carbocycles. The molecule has 1 saturated heterocycles. The average molecular weight is 403 g/mol. The second kappa shape index (κ2) is 9.59. The lowest BCUT2D eigenvalue weighted by molar-refractivity contribution is -0.123. The molecule has 1 heterocycles. The zero-order chi connectivity index (χ0) is 20.9. The zero-order valence-electron chi connectivity index (χ0n) is 18.3. The van der Waals surface area contributed by atoms with Gasteiger partial charge in [0, 0.05) is 37.5 Å². The lowest BCUT2D eigenvalue weighted by atomic mass is 9.74. The summed E-state index contributed by atoms with van der Waals surface area (Å²) in [5.41, 5.74) is 1.12. The first-order valence-electron chi connectivity index (χ1n) is 11.1. The van der Waals surface area contributed by atoms with Crippen molar-refractivity contribution in [1.82, 2.24) is 10.2 Å². The van der Waals surface area contributed by atoms with Crippen LogP contribution in [0.2, 0.25) is 0 Å². The quantitative estimate of drug-likeness (QED) is 0.743. The van der Waals surface area contributed by atoms with Crippen molar-refractivity contribution < 1.29 is 14.6 Å². The Balaban J connectivity index is 1.76. The summed E-state index contributed by atoms with van der Waals surface area (Å²) >= 11 is 0. The van der Waals surface area contributed by atoms with Gasteiger partial charge in [-0.25, -0.2) is 0 Å². The lowest BCUT2D eigenvalue weighted by Crippen LogP contribution is -2.48. The molecule has 3 atom stereocenters. The average Bonchev–Trinajstić information content (AvgIpc) is 2.86. The van der Waals surface area contributed by atoms with Gasteiger partial charge >= 0.3 is 0 Å². The summed E-state index contributed by atoms with van der Waals surface area (Å²) in [6.45, 7) is 10.2. The molecule has 162 valence electrons. The minimum atomic E-state index is -0.330. The normalized spacial score (nSPS) is 29.2. The lowest BCUT2D eigenvalue weighted by Gasteiger charge is -2.37. The molecule has 0 radical (unpaired) electrons. The molecule has 1 aliphatic carbocycles. The van der Waals surface area contributed by atoms with Gasteiger partial charge in [0.2, 0.25) is 5.91 Å². The smallest absolute Gasteiger partial charge is 0.220 e. The Labute approximate surface area is 175 Å². The van der Waals surface area contributed by atoms with Crippen LogP contribution >= 0.6 is 0 Å². The minimum Gasteiger partial charge on any atom is -0.391 e. The minimum absolute atomic E-state index is 0.0227. The fraction of sp³-hybridized carbons (Fsp3) is 0.708. The molecule has 3 rings (SSSR count). The number of aliphatic hydroxyl groups is 1. The van der Waals surface area contributed by atoms with Crippen molar-refractivity contribution in [3.8, 4) is 0 Å². The number of nitrogens with one attached hydrogen (secondary N) is 1. The van der Waals surface area contributed by atoms with Gasteiger partial charge in [-0.05, 0) is 36.7 Å². The van der Waals surface area contributed by atoms with Gasteiger partial charge in [-0.1, -0.05) is 51.1 Å². The molecule has 29 heavy (non-hydrogen) atoms. The Kier molecular flexibility index (Phi) is 7.36. The molecule has 1 aliphatic heterocycles. The van der Waals surface area contributed by atoms with Crippen LogP contribution in [0.4, 0.5) is 0 Å². The highest BCUT2D eigenvalue weighted by molar-refractivity contribution is 5.76. The van der Waals surface area contributed by atoms with E-state index in [-0.39, 0.29) is 28.9 Å². The third kappa shape index (κ3) is 6.03. The van der Waals surface area contributed by atoms with Gasteiger partial charge in [0.05, 0.1) is 19.3 Å². The summed E-state index contributed by atoms with van der Waals surface area (Å²) in [6, 6.07) is 10.7. The van der Waals surface area contributed by atoms with Crippen molar-refractivity contribution >= 4 is 5.91 Å². The van der Waals surface area contributed by atoms with Crippen LogP contribution in [-0.2, 0) is 14.9 Å². The Morgan fingerprint density at radius 3 is 2.48 bits per heavy atom. The molecule has 2 N–H and O–H groups in total. The molecule has 0 unspecified atom stereocenters. The van der Waals surface area contributed by atoms with E-state index in [1.165, 1.54) is 5.56 Å². The first-order valence-corrected chi connectivity index (χ1v) is 11.1. The van der Waals surface area contributed by atoms with Crippen LogP contribution in [0.15, 0.2) is 30.3 Å². The second-order valence-electron chi connectivity index (χ2n) is 10.0. The maximum atomic E-state index is 12.6. The third-order valence-electron chi connectivity index (χ3n) is 6.50. The highest BCUT2D eigenvalue weighted by atomic mass is 16.5. The zero-order valence-corrected chi connectivity index (χ0v) is 18.3. The number of benzene rings is 1. The molecule has 1 aromatic carbocycles. The van der Waals surface area contributed by atoms with Crippen LogP contribution in [0.3, 0.4) is 0 Å². The SMILES string of the molecule is CC(C)(C)CC(=O)NC[C@]1(c2ccccc2)CC[C@@H](O)[C@H](N2CCOCC2)CC1. The van der Waals surface area contributed by atoms with E-state index in [0.29, 0.717) is 13.0 Å². The molecule has 1 amide bonds. The number of hydrogen-bond acceptors (Lipinski definition) is 4. The fourth-order valence-corrected chi connectivity index (χ4v) is 4.86. The molecule has 0 spiro atoms. The van der Waals surface area contributed by atoms with Gasteiger partial charge in [-0.2, -0.15) is 0 Å². The van der Waals surface area contributed by atoms with Gasteiger partial charge in [0.1, 0.15) is 0 Å². The monoisotopic (exact) mass is 402 g/mol. The number of ether oxygens (including phenoxy) is 1. The van der Waals surface area contributed by atoms with E-state index in [2.05, 4.69) is 55.3 Å². The Hall–Kier alpha value is -1.43. The van der Waals surface area contributed by atoms with Crippen molar-refractivity contribution in [2.24, 2.45) is 5.41 Å². The van der Waals surface area contributed by atoms with E-state index in [0.717, 1.165) is 52.0 Å². The van der Waals surface area contributed by atoms with Gasteiger partial charge in [0.25, 0.3) is 0 Å². The van der Waals surface area contributed by atoms with Gasteiger partial charge in [-0.3, -0.25) is 9.69 Å². The summed E-state index contributed by atoms with van der Waals surface area (Å²) in [5.74, 6) is 0.113. The number of nitrogens with zero attached hydrogens (tertiary/aromatic N) is 1. The first-order chi connectivity index (χ1) is 13.8. The molecule has 1 aromatic rings. The second-order valence-corrected chi connectivity index (χ2v) is 10.0. The van der Waals surface area contributed by atoms with Crippen molar-refractivity contribution in [2.45, 2.75) is 70.4 Å². The number of carbonyl (C=O) groups excluding carboxylic acids is 1. The number of morpholine rings is 1. The Bertz CT molecular complexity index is 652. The maximum absolute atomic E-state index is 12.6. The van der Waals surface area contributed by atoms with Crippen LogP contribution in [0.1, 0.15) is 58.4 Å². The van der Waals surface area contributed by atoms with Gasteiger partial charge in [-0.15, -0.1) is 0 Å². The van der Waals surface area contributed by atoms with E-state index >= 15 is 0 Å². The van der Waals surface area contributed by atoms with Crippen LogP contribution in [0.5, 0.6) is 0 Å². The molecule has 0 aromatic heterocycles. The van der Waals surface area contributed by atoms with Gasteiger partial charge < -0.3 is 15.2 Å². The van der Waals surface area contributed by atoms with E-state index in [4.69, 9.17) is 4.74 Å². The largest absolute Gasteiger partial charge is 0.391 e. The Morgan fingerprint density at radius 1 is 1.17 bits per heavy atom. The Morgan fingerprint density at radius 2 is 1.83 bits per heavy atom. The highest BCUT2D eigenvalue weighted by Gasteiger charge is 2.40. The maximum Gasteiger partial charge on any atom is 0.220 e. The summed E-state index contributed by atoms with van der Waals surface area (Å²) in [4.78, 5) is 15.0. The summed E-state index contributed by atoms with van der Waals surface area (Å²) in [6.07, 6.45) is 3.73. The van der Waals surface area contributed by atoms with Crippen molar-refractivity contribution in [3.05, 3.63) is 35.9 Å². The summed E-state index contributed by atoms with van der Waals surface area (Å²) in [7, 11) is 0. The van der Waals surface area contributed by atoms with E-state index in [1.54, 1.807) is 0 Å². The van der Waals surface area contributed by atoms with Crippen LogP contribution < -0.4 is 5.32 Å².